The lowest BCUT2D eigenvalue weighted by Crippen LogP contribution is -2.45. The van der Waals surface area contributed by atoms with Crippen LogP contribution in [0.15, 0.2) is 30.3 Å². The fourth-order valence-electron chi connectivity index (χ4n) is 5.39. The number of likely N-dealkylation sites (N-methyl/N-ethyl adjacent to an activating group) is 1. The second-order valence-electron chi connectivity index (χ2n) is 10.3. The Morgan fingerprint density at radius 1 is 1.11 bits per heavy atom. The van der Waals surface area contributed by atoms with Gasteiger partial charge in [0.05, 0.1) is 26.9 Å². The minimum Gasteiger partial charge on any atom is -0.489 e. The third kappa shape index (κ3) is 5.62. The van der Waals surface area contributed by atoms with Gasteiger partial charge in [0.2, 0.25) is 0 Å². The van der Waals surface area contributed by atoms with E-state index < -0.39 is 11.7 Å². The molecule has 5 rings (SSSR count). The number of aryl methyl sites for hydroxylation is 1. The number of nitrogens with zero attached hydrogens (tertiary/aromatic N) is 3. The molecule has 0 unspecified atom stereocenters. The zero-order valence-corrected chi connectivity index (χ0v) is 22.2. The van der Waals surface area contributed by atoms with Crippen molar-refractivity contribution >= 4 is 33.0 Å². The van der Waals surface area contributed by atoms with Gasteiger partial charge in [-0.1, -0.05) is 6.07 Å². The fourth-order valence-corrected chi connectivity index (χ4v) is 6.24. The van der Waals surface area contributed by atoms with Gasteiger partial charge in [0, 0.05) is 50.6 Å². The molecule has 2 aliphatic rings. The largest absolute Gasteiger partial charge is 0.489 e. The molecule has 9 heteroatoms. The van der Waals surface area contributed by atoms with Gasteiger partial charge in [0.15, 0.2) is 0 Å². The first kappa shape index (κ1) is 26.0. The molecule has 0 radical (unpaired) electrons. The van der Waals surface area contributed by atoms with E-state index in [4.69, 9.17) is 4.74 Å². The van der Waals surface area contributed by atoms with Gasteiger partial charge in [0.1, 0.15) is 11.5 Å². The van der Waals surface area contributed by atoms with Crippen molar-refractivity contribution in [3.63, 3.8) is 0 Å². The van der Waals surface area contributed by atoms with Crippen molar-refractivity contribution in [3.8, 4) is 16.9 Å². The summed E-state index contributed by atoms with van der Waals surface area (Å²) in [6, 6.07) is 8.27. The molecule has 1 aliphatic carbocycles. The smallest absolute Gasteiger partial charge is 0.418 e. The second kappa shape index (κ2) is 10.3. The van der Waals surface area contributed by atoms with Crippen molar-refractivity contribution in [1.29, 1.82) is 0 Å². The highest BCUT2D eigenvalue weighted by atomic mass is 32.1. The number of hydrogen-bond acceptors (Lipinski definition) is 6. The number of ether oxygens (including phenoxy) is 1. The van der Waals surface area contributed by atoms with Gasteiger partial charge in [-0.3, -0.25) is 4.79 Å². The molecule has 1 aromatic heterocycles. The Balaban J connectivity index is 1.52. The number of carbonyl (C=O) groups excluding carboxylic acids is 1. The topological polar surface area (TPSA) is 45.7 Å². The van der Waals surface area contributed by atoms with E-state index in [1.54, 1.807) is 12.1 Å². The number of carbonyl (C=O) groups is 1. The first-order valence-electron chi connectivity index (χ1n) is 12.8. The summed E-state index contributed by atoms with van der Waals surface area (Å²) in [6.07, 6.45) is -1.73. The van der Waals surface area contributed by atoms with Crippen molar-refractivity contribution in [2.75, 3.05) is 38.1 Å². The van der Waals surface area contributed by atoms with Gasteiger partial charge in [0.25, 0.3) is 0 Å². The molecular formula is C28H32F3N3O2S. The Labute approximate surface area is 219 Å². The normalized spacial score (nSPS) is 20.4. The molecule has 5 nitrogen and oxygen atoms in total. The molecule has 2 aromatic carbocycles. The number of alkyl halides is 3. The monoisotopic (exact) mass is 531 g/mol. The molecular weight excluding hydrogens is 499 g/mol. The van der Waals surface area contributed by atoms with Crippen molar-refractivity contribution in [3.05, 3.63) is 40.9 Å². The maximum atomic E-state index is 14.2. The predicted molar refractivity (Wildman–Crippen MR) is 142 cm³/mol. The molecule has 1 saturated carbocycles. The highest BCUT2D eigenvalue weighted by Crippen LogP contribution is 2.42. The maximum absolute atomic E-state index is 14.2. The van der Waals surface area contributed by atoms with Gasteiger partial charge in [-0.25, -0.2) is 4.98 Å². The highest BCUT2D eigenvalue weighted by molar-refractivity contribution is 7.18. The van der Waals surface area contributed by atoms with Crippen molar-refractivity contribution in [2.45, 2.75) is 51.8 Å². The standard InChI is InChI=1S/C28H32F3N3O2S/c1-17(19-5-4-6-22(35)13-19)36-26-16-21(15-24-27(26)37-18(2)32-24)20-7-8-25(23(14-20)28(29,30)31)34-11-9-33(3)10-12-34/h7-8,14-17,19H,4-6,9-13H2,1-3H3/t17-,19+/m1/s1. The average molecular weight is 532 g/mol. The Kier molecular flexibility index (Phi) is 7.20. The summed E-state index contributed by atoms with van der Waals surface area (Å²) in [5.41, 5.74) is 1.42. The summed E-state index contributed by atoms with van der Waals surface area (Å²) >= 11 is 1.51. The highest BCUT2D eigenvalue weighted by Gasteiger charge is 2.36. The van der Waals surface area contributed by atoms with Crippen LogP contribution in [0.4, 0.5) is 18.9 Å². The summed E-state index contributed by atoms with van der Waals surface area (Å²) < 4.78 is 49.9. The zero-order valence-electron chi connectivity index (χ0n) is 21.4. The van der Waals surface area contributed by atoms with Gasteiger partial charge < -0.3 is 14.5 Å². The summed E-state index contributed by atoms with van der Waals surface area (Å²) in [6.45, 7) is 6.45. The molecule has 2 heterocycles. The van der Waals surface area contributed by atoms with Gasteiger partial charge in [-0.05, 0) is 69.1 Å². The van der Waals surface area contributed by atoms with Crippen LogP contribution in [0.25, 0.3) is 21.3 Å². The molecule has 198 valence electrons. The third-order valence-corrected chi connectivity index (χ3v) is 8.54. The van der Waals surface area contributed by atoms with E-state index in [2.05, 4.69) is 9.88 Å². The van der Waals surface area contributed by atoms with Crippen LogP contribution in [-0.2, 0) is 11.0 Å². The Hall–Kier alpha value is -2.65. The number of benzene rings is 2. The van der Waals surface area contributed by atoms with E-state index in [0.717, 1.165) is 35.6 Å². The van der Waals surface area contributed by atoms with E-state index in [-0.39, 0.29) is 23.5 Å². The molecule has 3 aromatic rings. The SMILES string of the molecule is Cc1nc2cc(-c3ccc(N4CCN(C)CC4)c(C(F)(F)F)c3)cc(O[C@H](C)[C@H]3CCCC(=O)C3)c2s1. The maximum Gasteiger partial charge on any atom is 0.418 e. The lowest BCUT2D eigenvalue weighted by Gasteiger charge is -2.35. The molecule has 1 aliphatic heterocycles. The van der Waals surface area contributed by atoms with Crippen LogP contribution < -0.4 is 9.64 Å². The Morgan fingerprint density at radius 3 is 2.57 bits per heavy atom. The van der Waals surface area contributed by atoms with Crippen LogP contribution in [0.5, 0.6) is 5.75 Å². The van der Waals surface area contributed by atoms with Gasteiger partial charge >= 0.3 is 6.18 Å². The van der Waals surface area contributed by atoms with Crippen LogP contribution in [-0.4, -0.2) is 55.0 Å². The number of hydrogen-bond donors (Lipinski definition) is 0. The van der Waals surface area contributed by atoms with Crippen molar-refractivity contribution in [2.24, 2.45) is 5.92 Å². The van der Waals surface area contributed by atoms with Crippen LogP contribution in [0.2, 0.25) is 0 Å². The van der Waals surface area contributed by atoms with Crippen molar-refractivity contribution in [1.82, 2.24) is 9.88 Å². The molecule has 1 saturated heterocycles. The molecule has 0 amide bonds. The number of ketones is 1. The van der Waals surface area contributed by atoms with E-state index in [1.807, 2.05) is 37.9 Å². The van der Waals surface area contributed by atoms with E-state index in [9.17, 15) is 18.0 Å². The van der Waals surface area contributed by atoms with E-state index in [1.165, 1.54) is 17.4 Å². The minimum atomic E-state index is -4.47. The zero-order chi connectivity index (χ0) is 26.3. The van der Waals surface area contributed by atoms with Crippen LogP contribution in [0.1, 0.15) is 43.2 Å². The summed E-state index contributed by atoms with van der Waals surface area (Å²) in [7, 11) is 1.98. The quantitative estimate of drug-likeness (QED) is 0.373. The van der Waals surface area contributed by atoms with Crippen LogP contribution in [0.3, 0.4) is 0 Å². The first-order chi connectivity index (χ1) is 17.6. The van der Waals surface area contributed by atoms with E-state index in [0.29, 0.717) is 48.3 Å². The number of anilines is 1. The molecule has 0 bridgehead atoms. The molecule has 0 spiro atoms. The average Bonchev–Trinajstić information content (AvgIpc) is 3.24. The fraction of sp³-hybridized carbons (Fsp3) is 0.500. The number of fused-ring (bicyclic) bond motifs is 1. The summed E-state index contributed by atoms with van der Waals surface area (Å²) in [5.74, 6) is 1.01. The number of piperazine rings is 1. The van der Waals surface area contributed by atoms with Crippen molar-refractivity contribution < 1.29 is 22.7 Å². The molecule has 0 N–H and O–H groups in total. The van der Waals surface area contributed by atoms with E-state index >= 15 is 0 Å². The van der Waals surface area contributed by atoms with Gasteiger partial charge in [-0.2, -0.15) is 13.2 Å². The molecule has 2 atom stereocenters. The lowest BCUT2D eigenvalue weighted by molar-refractivity contribution is -0.137. The van der Waals surface area contributed by atoms with Crippen LogP contribution >= 0.6 is 11.3 Å². The molecule has 37 heavy (non-hydrogen) atoms. The first-order valence-corrected chi connectivity index (χ1v) is 13.6. The summed E-state index contributed by atoms with van der Waals surface area (Å²) in [5, 5.41) is 0.860. The minimum absolute atomic E-state index is 0.133. The number of halogens is 3. The number of Topliss-reactive ketones (excluding diaryl/α,β-unsaturated/α-hetero) is 1. The third-order valence-electron chi connectivity index (χ3n) is 7.54. The lowest BCUT2D eigenvalue weighted by atomic mass is 9.85. The Bertz CT molecular complexity index is 1300. The number of thiazole rings is 1. The second-order valence-corrected chi connectivity index (χ2v) is 11.5. The van der Waals surface area contributed by atoms with Crippen LogP contribution in [0, 0.1) is 12.8 Å². The van der Waals surface area contributed by atoms with Gasteiger partial charge in [-0.15, -0.1) is 11.3 Å². The molecule has 2 fully saturated rings. The predicted octanol–water partition coefficient (Wildman–Crippen LogP) is 6.57. The Morgan fingerprint density at radius 2 is 1.86 bits per heavy atom. The number of aromatic nitrogens is 1. The summed E-state index contributed by atoms with van der Waals surface area (Å²) in [4.78, 5) is 20.5. The number of rotatable bonds is 5.